The molecule has 2 rings (SSSR count). The third-order valence-corrected chi connectivity index (χ3v) is 3.58. The van der Waals surface area contributed by atoms with E-state index in [1.54, 1.807) is 11.8 Å². The van der Waals surface area contributed by atoms with E-state index in [4.69, 9.17) is 11.6 Å². The van der Waals surface area contributed by atoms with Gasteiger partial charge in [-0.25, -0.2) is 4.39 Å². The van der Waals surface area contributed by atoms with Crippen molar-refractivity contribution >= 4 is 17.5 Å². The molecule has 1 aliphatic heterocycles. The van der Waals surface area contributed by atoms with Crippen molar-refractivity contribution in [3.8, 4) is 0 Å². The van der Waals surface area contributed by atoms with Crippen LogP contribution < -0.4 is 0 Å². The minimum Gasteiger partial charge on any atom is -0.392 e. The Morgan fingerprint density at radius 1 is 1.40 bits per heavy atom. The van der Waals surface area contributed by atoms with Crippen molar-refractivity contribution in [2.75, 3.05) is 32.7 Å². The van der Waals surface area contributed by atoms with Gasteiger partial charge in [0.2, 0.25) is 0 Å². The van der Waals surface area contributed by atoms with Crippen LogP contribution in [0.4, 0.5) is 4.39 Å². The Labute approximate surface area is 122 Å². The van der Waals surface area contributed by atoms with E-state index in [-0.39, 0.29) is 22.6 Å². The summed E-state index contributed by atoms with van der Waals surface area (Å²) in [6, 6.07) is 4.09. The monoisotopic (exact) mass is 300 g/mol. The zero-order chi connectivity index (χ0) is 14.7. The van der Waals surface area contributed by atoms with Gasteiger partial charge in [0.25, 0.3) is 5.91 Å². The average Bonchev–Trinajstić information content (AvgIpc) is 2.38. The lowest BCUT2D eigenvalue weighted by molar-refractivity contribution is 0.0550. The number of piperazine rings is 1. The van der Waals surface area contributed by atoms with Crippen LogP contribution in [0.5, 0.6) is 0 Å². The van der Waals surface area contributed by atoms with Crippen LogP contribution in [-0.2, 0) is 0 Å². The van der Waals surface area contributed by atoms with Gasteiger partial charge < -0.3 is 10.0 Å². The fraction of sp³-hybridized carbons (Fsp3) is 0.500. The second kappa shape index (κ2) is 6.52. The summed E-state index contributed by atoms with van der Waals surface area (Å²) in [5.74, 6) is -0.898. The molecule has 6 heteroatoms. The molecule has 0 spiro atoms. The summed E-state index contributed by atoms with van der Waals surface area (Å²) in [6.45, 7) is 4.77. The smallest absolute Gasteiger partial charge is 0.256 e. The molecule has 0 aromatic heterocycles. The molecule has 0 aliphatic carbocycles. The number of β-amino-alcohol motifs (C(OH)–C–C–N with tert-alkyl or cyclic N) is 1. The SMILES string of the molecule is C[C@H](O)CN1CCN(C(=O)c2ccc(Cl)cc2F)CC1. The van der Waals surface area contributed by atoms with Crippen molar-refractivity contribution in [1.29, 1.82) is 0 Å². The summed E-state index contributed by atoms with van der Waals surface area (Å²) in [5.41, 5.74) is 0.0541. The van der Waals surface area contributed by atoms with Gasteiger partial charge in [0.05, 0.1) is 11.7 Å². The number of hydrogen-bond acceptors (Lipinski definition) is 3. The van der Waals surface area contributed by atoms with Crippen LogP contribution >= 0.6 is 11.6 Å². The number of aliphatic hydroxyl groups excluding tert-OH is 1. The van der Waals surface area contributed by atoms with E-state index >= 15 is 0 Å². The summed E-state index contributed by atoms with van der Waals surface area (Å²) in [7, 11) is 0. The first-order valence-corrected chi connectivity index (χ1v) is 7.00. The lowest BCUT2D eigenvalue weighted by Gasteiger charge is -2.35. The minimum atomic E-state index is -0.589. The highest BCUT2D eigenvalue weighted by atomic mass is 35.5. The van der Waals surface area contributed by atoms with E-state index < -0.39 is 5.82 Å². The predicted molar refractivity (Wildman–Crippen MR) is 75.4 cm³/mol. The number of benzene rings is 1. The fourth-order valence-electron chi connectivity index (χ4n) is 2.34. The highest BCUT2D eigenvalue weighted by Crippen LogP contribution is 2.17. The maximum Gasteiger partial charge on any atom is 0.256 e. The Morgan fingerprint density at radius 3 is 2.60 bits per heavy atom. The normalized spacial score (nSPS) is 18.1. The van der Waals surface area contributed by atoms with E-state index in [0.29, 0.717) is 32.7 Å². The number of amides is 1. The van der Waals surface area contributed by atoms with Crippen molar-refractivity contribution in [2.45, 2.75) is 13.0 Å². The number of aliphatic hydroxyl groups is 1. The maximum atomic E-state index is 13.7. The fourth-order valence-corrected chi connectivity index (χ4v) is 2.50. The zero-order valence-corrected chi connectivity index (χ0v) is 12.1. The molecule has 0 bridgehead atoms. The number of rotatable bonds is 3. The number of nitrogens with zero attached hydrogens (tertiary/aromatic N) is 2. The van der Waals surface area contributed by atoms with Crippen LogP contribution in [0.15, 0.2) is 18.2 Å². The zero-order valence-electron chi connectivity index (χ0n) is 11.4. The Morgan fingerprint density at radius 2 is 2.05 bits per heavy atom. The van der Waals surface area contributed by atoms with Gasteiger partial charge in [0.1, 0.15) is 5.82 Å². The molecule has 4 nitrogen and oxygen atoms in total. The van der Waals surface area contributed by atoms with Crippen LogP contribution in [0.3, 0.4) is 0 Å². The standard InChI is InChI=1S/C14H18ClFN2O2/c1-10(19)9-17-4-6-18(7-5-17)14(20)12-3-2-11(15)8-13(12)16/h2-3,8,10,19H,4-7,9H2,1H3/t10-/m0/s1. The van der Waals surface area contributed by atoms with Crippen molar-refractivity contribution in [3.63, 3.8) is 0 Å². The second-order valence-electron chi connectivity index (χ2n) is 5.07. The van der Waals surface area contributed by atoms with E-state index in [1.165, 1.54) is 12.1 Å². The summed E-state index contributed by atoms with van der Waals surface area (Å²) in [5, 5.41) is 9.61. The highest BCUT2D eigenvalue weighted by Gasteiger charge is 2.24. The molecule has 0 radical (unpaired) electrons. The van der Waals surface area contributed by atoms with Crippen LogP contribution in [0.25, 0.3) is 0 Å². The summed E-state index contributed by atoms with van der Waals surface area (Å²) < 4.78 is 13.7. The first-order valence-electron chi connectivity index (χ1n) is 6.62. The molecule has 1 amide bonds. The molecule has 20 heavy (non-hydrogen) atoms. The van der Waals surface area contributed by atoms with Gasteiger partial charge in [0.15, 0.2) is 0 Å². The molecule has 1 aromatic carbocycles. The molecular formula is C14H18ClFN2O2. The molecule has 1 heterocycles. The molecule has 1 aliphatic rings. The predicted octanol–water partition coefficient (Wildman–Crippen LogP) is 1.62. The van der Waals surface area contributed by atoms with Crippen molar-refractivity contribution in [3.05, 3.63) is 34.6 Å². The van der Waals surface area contributed by atoms with Gasteiger partial charge in [-0.1, -0.05) is 11.6 Å². The molecule has 1 aromatic rings. The Kier molecular flexibility index (Phi) is 4.96. The van der Waals surface area contributed by atoms with Crippen molar-refractivity contribution in [1.82, 2.24) is 9.80 Å². The average molecular weight is 301 g/mol. The van der Waals surface area contributed by atoms with E-state index in [9.17, 15) is 14.3 Å². The van der Waals surface area contributed by atoms with Gasteiger partial charge >= 0.3 is 0 Å². The van der Waals surface area contributed by atoms with E-state index in [2.05, 4.69) is 4.90 Å². The Balaban J connectivity index is 1.98. The van der Waals surface area contributed by atoms with Crippen LogP contribution in [-0.4, -0.2) is 59.6 Å². The number of halogens is 2. The summed E-state index contributed by atoms with van der Waals surface area (Å²) in [4.78, 5) is 16.0. The lowest BCUT2D eigenvalue weighted by atomic mass is 10.1. The van der Waals surface area contributed by atoms with Gasteiger partial charge in [-0.15, -0.1) is 0 Å². The third kappa shape index (κ3) is 3.69. The van der Waals surface area contributed by atoms with Gasteiger partial charge in [-0.05, 0) is 25.1 Å². The number of carbonyl (C=O) groups excluding carboxylic acids is 1. The Bertz CT molecular complexity index is 488. The molecule has 110 valence electrons. The third-order valence-electron chi connectivity index (χ3n) is 3.34. The highest BCUT2D eigenvalue weighted by molar-refractivity contribution is 6.30. The summed E-state index contributed by atoms with van der Waals surface area (Å²) in [6.07, 6.45) is -0.383. The molecule has 0 unspecified atom stereocenters. The van der Waals surface area contributed by atoms with Gasteiger partial charge in [-0.2, -0.15) is 0 Å². The minimum absolute atomic E-state index is 0.0541. The molecule has 1 atom stereocenters. The van der Waals surface area contributed by atoms with Gasteiger partial charge in [-0.3, -0.25) is 9.69 Å². The number of carbonyl (C=O) groups is 1. The molecule has 1 saturated heterocycles. The first kappa shape index (κ1) is 15.2. The Hall–Kier alpha value is -1.17. The molecule has 1 fully saturated rings. The molecule has 1 N–H and O–H groups in total. The first-order chi connectivity index (χ1) is 9.47. The maximum absolute atomic E-state index is 13.7. The number of hydrogen-bond donors (Lipinski definition) is 1. The largest absolute Gasteiger partial charge is 0.392 e. The van der Waals surface area contributed by atoms with Crippen LogP contribution in [0.2, 0.25) is 5.02 Å². The van der Waals surface area contributed by atoms with Gasteiger partial charge in [0, 0.05) is 37.7 Å². The molecule has 0 saturated carbocycles. The van der Waals surface area contributed by atoms with Crippen molar-refractivity contribution in [2.24, 2.45) is 0 Å². The van der Waals surface area contributed by atoms with Crippen LogP contribution in [0.1, 0.15) is 17.3 Å². The quantitative estimate of drug-likeness (QED) is 0.922. The van der Waals surface area contributed by atoms with E-state index in [0.717, 1.165) is 6.07 Å². The topological polar surface area (TPSA) is 43.8 Å². The van der Waals surface area contributed by atoms with E-state index in [1.807, 2.05) is 0 Å². The van der Waals surface area contributed by atoms with Crippen LogP contribution in [0, 0.1) is 5.82 Å². The summed E-state index contributed by atoms with van der Waals surface area (Å²) >= 11 is 5.68. The lowest BCUT2D eigenvalue weighted by Crippen LogP contribution is -2.50. The molecular weight excluding hydrogens is 283 g/mol. The second-order valence-corrected chi connectivity index (χ2v) is 5.50. The van der Waals surface area contributed by atoms with Crippen molar-refractivity contribution < 1.29 is 14.3 Å².